The van der Waals surface area contributed by atoms with Gasteiger partial charge in [0.15, 0.2) is 0 Å². The van der Waals surface area contributed by atoms with Gasteiger partial charge in [-0.15, -0.1) is 0 Å². The first-order valence-electron chi connectivity index (χ1n) is 6.69. The molecule has 0 unspecified atom stereocenters. The third-order valence-corrected chi connectivity index (χ3v) is 3.65. The Bertz CT molecular complexity index is 720. The van der Waals surface area contributed by atoms with Crippen molar-refractivity contribution < 1.29 is 14.3 Å². The molecule has 1 aromatic carbocycles. The van der Waals surface area contributed by atoms with E-state index in [4.69, 9.17) is 11.6 Å². The minimum absolute atomic E-state index is 0.0803. The summed E-state index contributed by atoms with van der Waals surface area (Å²) in [5.74, 6) is -0.963. The number of carbonyl (C=O) groups is 1. The fraction of sp³-hybridized carbons (Fsp3) is 0.200. The van der Waals surface area contributed by atoms with Gasteiger partial charge in [0.1, 0.15) is 17.2 Å². The van der Waals surface area contributed by atoms with Crippen LogP contribution in [0.1, 0.15) is 10.4 Å². The second kappa shape index (κ2) is 5.81. The number of aromatic nitrogens is 1. The molecule has 0 saturated carbocycles. The maximum Gasteiger partial charge on any atom is 0.339 e. The molecule has 0 bridgehead atoms. The maximum absolute atomic E-state index is 13.1. The molecule has 2 N–H and O–H groups in total. The maximum atomic E-state index is 13.1. The van der Waals surface area contributed by atoms with Gasteiger partial charge in [0.05, 0.1) is 11.1 Å². The van der Waals surface area contributed by atoms with E-state index in [1.165, 1.54) is 24.4 Å². The van der Waals surface area contributed by atoms with Crippen molar-refractivity contribution in [2.75, 3.05) is 23.3 Å². The molecule has 114 valence electrons. The van der Waals surface area contributed by atoms with E-state index in [9.17, 15) is 14.3 Å². The van der Waals surface area contributed by atoms with E-state index in [1.54, 1.807) is 12.1 Å². The highest BCUT2D eigenvalue weighted by Crippen LogP contribution is 2.26. The second-order valence-electron chi connectivity index (χ2n) is 5.09. The number of benzene rings is 1. The summed E-state index contributed by atoms with van der Waals surface area (Å²) in [7, 11) is 0. The molecule has 2 heterocycles. The number of anilines is 2. The van der Waals surface area contributed by atoms with Crippen LogP contribution in [0.5, 0.6) is 0 Å². The lowest BCUT2D eigenvalue weighted by atomic mass is 10.1. The van der Waals surface area contributed by atoms with Crippen molar-refractivity contribution in [3.05, 3.63) is 52.9 Å². The van der Waals surface area contributed by atoms with E-state index in [1.807, 2.05) is 4.90 Å². The number of carboxylic acid groups (broad SMARTS) is 1. The minimum atomic E-state index is -1.06. The molecule has 0 radical (unpaired) electrons. The molecule has 0 amide bonds. The van der Waals surface area contributed by atoms with Crippen LogP contribution >= 0.6 is 11.6 Å². The molecule has 1 fully saturated rings. The van der Waals surface area contributed by atoms with Crippen LogP contribution in [0.4, 0.5) is 15.9 Å². The van der Waals surface area contributed by atoms with Crippen LogP contribution in [-0.2, 0) is 0 Å². The fourth-order valence-electron chi connectivity index (χ4n) is 2.40. The third kappa shape index (κ3) is 2.96. The molecule has 0 spiro atoms. The van der Waals surface area contributed by atoms with Crippen LogP contribution in [-0.4, -0.2) is 35.2 Å². The number of rotatable bonds is 4. The van der Waals surface area contributed by atoms with Gasteiger partial charge >= 0.3 is 5.97 Å². The molecule has 0 aliphatic carbocycles. The Hall–Kier alpha value is -2.34. The van der Waals surface area contributed by atoms with E-state index in [-0.39, 0.29) is 22.4 Å². The lowest BCUT2D eigenvalue weighted by Gasteiger charge is -2.41. The molecule has 22 heavy (non-hydrogen) atoms. The highest BCUT2D eigenvalue weighted by atomic mass is 35.5. The number of nitrogens with one attached hydrogen (secondary N) is 1. The minimum Gasteiger partial charge on any atom is -0.478 e. The molecule has 1 aliphatic rings. The van der Waals surface area contributed by atoms with Crippen molar-refractivity contribution in [1.82, 2.24) is 4.98 Å². The zero-order valence-electron chi connectivity index (χ0n) is 11.5. The summed E-state index contributed by atoms with van der Waals surface area (Å²) in [6.45, 7) is 1.18. The molecule has 2 aromatic rings. The smallest absolute Gasteiger partial charge is 0.339 e. The Morgan fingerprint density at radius 3 is 2.86 bits per heavy atom. The molecule has 5 nitrogen and oxygen atoms in total. The van der Waals surface area contributed by atoms with Crippen LogP contribution in [0, 0.1) is 5.82 Å². The standard InChI is InChI=1S/C15H13ClFN3O2/c16-9-4-13(15(21)22)14(18-6-9)20-7-12(8-20)19-11-3-1-2-10(17)5-11/h1-6,12,19H,7-8H2,(H,21,22). The SMILES string of the molecule is O=C(O)c1cc(Cl)cnc1N1CC(Nc2cccc(F)c2)C1. The van der Waals surface area contributed by atoms with Gasteiger partial charge < -0.3 is 15.3 Å². The highest BCUT2D eigenvalue weighted by Gasteiger charge is 2.30. The van der Waals surface area contributed by atoms with Gasteiger partial charge in [0, 0.05) is 25.0 Å². The predicted octanol–water partition coefficient (Wildman–Crippen LogP) is 2.87. The number of halogens is 2. The molecule has 7 heteroatoms. The molecule has 1 aliphatic heterocycles. The van der Waals surface area contributed by atoms with Crippen LogP contribution in [0.25, 0.3) is 0 Å². The average molecular weight is 322 g/mol. The summed E-state index contributed by atoms with van der Waals surface area (Å²) in [6.07, 6.45) is 1.43. The summed E-state index contributed by atoms with van der Waals surface area (Å²) < 4.78 is 13.1. The largest absolute Gasteiger partial charge is 0.478 e. The molecular weight excluding hydrogens is 309 g/mol. The van der Waals surface area contributed by atoms with Crippen molar-refractivity contribution in [1.29, 1.82) is 0 Å². The number of hydrogen-bond acceptors (Lipinski definition) is 4. The number of carboxylic acids is 1. The number of hydrogen-bond donors (Lipinski definition) is 2. The first kappa shape index (κ1) is 14.6. The first-order valence-corrected chi connectivity index (χ1v) is 7.06. The number of nitrogens with zero attached hydrogens (tertiary/aromatic N) is 2. The Labute approximate surface area is 131 Å². The first-order chi connectivity index (χ1) is 10.5. The molecule has 1 saturated heterocycles. The highest BCUT2D eigenvalue weighted by molar-refractivity contribution is 6.30. The summed E-state index contributed by atoms with van der Waals surface area (Å²) in [5.41, 5.74) is 0.781. The zero-order valence-corrected chi connectivity index (χ0v) is 12.2. The lowest BCUT2D eigenvalue weighted by molar-refractivity contribution is 0.0697. The van der Waals surface area contributed by atoms with Crippen molar-refractivity contribution in [3.63, 3.8) is 0 Å². The van der Waals surface area contributed by atoms with Gasteiger partial charge in [-0.1, -0.05) is 17.7 Å². The Morgan fingerprint density at radius 1 is 1.41 bits per heavy atom. The third-order valence-electron chi connectivity index (χ3n) is 3.44. The summed E-state index contributed by atoms with van der Waals surface area (Å²) >= 11 is 5.79. The van der Waals surface area contributed by atoms with E-state index >= 15 is 0 Å². The van der Waals surface area contributed by atoms with E-state index in [0.717, 1.165) is 0 Å². The van der Waals surface area contributed by atoms with Gasteiger partial charge in [0.2, 0.25) is 0 Å². The Morgan fingerprint density at radius 2 is 2.18 bits per heavy atom. The zero-order chi connectivity index (χ0) is 15.7. The number of pyridine rings is 1. The van der Waals surface area contributed by atoms with Gasteiger partial charge in [-0.2, -0.15) is 0 Å². The van der Waals surface area contributed by atoms with Gasteiger partial charge in [-0.25, -0.2) is 14.2 Å². The quantitative estimate of drug-likeness (QED) is 0.906. The summed E-state index contributed by atoms with van der Waals surface area (Å²) in [5, 5.41) is 12.7. The predicted molar refractivity (Wildman–Crippen MR) is 82.2 cm³/mol. The molecule has 3 rings (SSSR count). The average Bonchev–Trinajstić information content (AvgIpc) is 2.43. The normalized spacial score (nSPS) is 14.5. The van der Waals surface area contributed by atoms with E-state index in [2.05, 4.69) is 10.3 Å². The van der Waals surface area contributed by atoms with Gasteiger partial charge in [-0.3, -0.25) is 0 Å². The van der Waals surface area contributed by atoms with Crippen molar-refractivity contribution in [2.24, 2.45) is 0 Å². The topological polar surface area (TPSA) is 65.5 Å². The summed E-state index contributed by atoms with van der Waals surface area (Å²) in [6, 6.07) is 7.73. The number of aromatic carboxylic acids is 1. The molecular formula is C15H13ClFN3O2. The Balaban J connectivity index is 1.67. The van der Waals surface area contributed by atoms with Crippen LogP contribution < -0.4 is 10.2 Å². The van der Waals surface area contributed by atoms with Gasteiger partial charge in [0.25, 0.3) is 0 Å². The van der Waals surface area contributed by atoms with E-state index < -0.39 is 5.97 Å². The van der Waals surface area contributed by atoms with Crippen molar-refractivity contribution in [2.45, 2.75) is 6.04 Å². The van der Waals surface area contributed by atoms with Crippen molar-refractivity contribution in [3.8, 4) is 0 Å². The van der Waals surface area contributed by atoms with Crippen LogP contribution in [0.3, 0.4) is 0 Å². The molecule has 1 aromatic heterocycles. The molecule has 0 atom stereocenters. The summed E-state index contributed by atoms with van der Waals surface area (Å²) in [4.78, 5) is 17.2. The fourth-order valence-corrected chi connectivity index (χ4v) is 2.56. The van der Waals surface area contributed by atoms with Crippen LogP contribution in [0.15, 0.2) is 36.5 Å². The van der Waals surface area contributed by atoms with E-state index in [0.29, 0.717) is 24.6 Å². The Kier molecular flexibility index (Phi) is 3.85. The van der Waals surface area contributed by atoms with Crippen LogP contribution in [0.2, 0.25) is 5.02 Å². The monoisotopic (exact) mass is 321 g/mol. The van der Waals surface area contributed by atoms with Crippen molar-refractivity contribution >= 4 is 29.1 Å². The lowest BCUT2D eigenvalue weighted by Crippen LogP contribution is -2.55. The van der Waals surface area contributed by atoms with Gasteiger partial charge in [-0.05, 0) is 24.3 Å². The second-order valence-corrected chi connectivity index (χ2v) is 5.52.